The van der Waals surface area contributed by atoms with Crippen LogP contribution in [0.2, 0.25) is 0 Å². The highest BCUT2D eigenvalue weighted by molar-refractivity contribution is 5.92. The minimum atomic E-state index is -0.217. The number of hydrogen-bond donors (Lipinski definition) is 1. The molecule has 1 amide bonds. The zero-order valence-electron chi connectivity index (χ0n) is 13.6. The third kappa shape index (κ3) is 3.01. The molecule has 0 radical (unpaired) electrons. The van der Waals surface area contributed by atoms with Crippen LogP contribution in [-0.2, 0) is 11.3 Å². The predicted molar refractivity (Wildman–Crippen MR) is 94.4 cm³/mol. The first-order valence-corrected chi connectivity index (χ1v) is 7.86. The Labute approximate surface area is 148 Å². The second kappa shape index (κ2) is 6.49. The Bertz CT molecular complexity index is 1100. The van der Waals surface area contributed by atoms with E-state index in [-0.39, 0.29) is 18.3 Å². The molecule has 0 saturated heterocycles. The van der Waals surface area contributed by atoms with Crippen molar-refractivity contribution in [3.63, 3.8) is 0 Å². The Kier molecular flexibility index (Phi) is 3.88. The molecule has 0 fully saturated rings. The first-order valence-electron chi connectivity index (χ1n) is 7.86. The molecule has 0 aliphatic carbocycles. The zero-order valence-corrected chi connectivity index (χ0v) is 13.6. The van der Waals surface area contributed by atoms with Crippen molar-refractivity contribution in [3.05, 3.63) is 66.9 Å². The summed E-state index contributed by atoms with van der Waals surface area (Å²) >= 11 is 0. The fourth-order valence-corrected chi connectivity index (χ4v) is 2.64. The fraction of sp³-hybridized carbons (Fsp3) is 0.0556. The van der Waals surface area contributed by atoms with Gasteiger partial charge in [0.2, 0.25) is 5.91 Å². The number of carbonyl (C=O) groups excluding carboxylic acids is 1. The molecule has 0 bridgehead atoms. The molecular formula is C18H13N7O. The van der Waals surface area contributed by atoms with Gasteiger partial charge in [-0.15, -0.1) is 5.10 Å². The number of rotatable bonds is 4. The van der Waals surface area contributed by atoms with E-state index in [1.807, 2.05) is 48.7 Å². The Balaban J connectivity index is 1.55. The van der Waals surface area contributed by atoms with Gasteiger partial charge < -0.3 is 5.32 Å². The summed E-state index contributed by atoms with van der Waals surface area (Å²) in [6.45, 7) is 0.0871. The van der Waals surface area contributed by atoms with Gasteiger partial charge >= 0.3 is 0 Å². The minimum Gasteiger partial charge on any atom is -0.323 e. The number of fused-ring (bicyclic) bond motifs is 1. The van der Waals surface area contributed by atoms with Gasteiger partial charge in [0.15, 0.2) is 0 Å². The molecule has 126 valence electrons. The summed E-state index contributed by atoms with van der Waals surface area (Å²) in [7, 11) is 0. The van der Waals surface area contributed by atoms with E-state index in [9.17, 15) is 4.79 Å². The standard InChI is InChI=1S/C18H13N7O/c19-9-17-20-12-25(23-17)16-8-4-3-7-15(16)21-18(26)11-24-10-13-5-1-2-6-14(13)22-24/h1-8,10,12H,11H2,(H,21,26). The lowest BCUT2D eigenvalue weighted by Crippen LogP contribution is -2.20. The Hall–Kier alpha value is -3.99. The van der Waals surface area contributed by atoms with Gasteiger partial charge in [-0.05, 0) is 18.2 Å². The molecule has 0 aliphatic heterocycles. The maximum Gasteiger partial charge on any atom is 0.252 e. The van der Waals surface area contributed by atoms with Crippen molar-refractivity contribution in [3.8, 4) is 11.8 Å². The molecule has 4 aromatic rings. The van der Waals surface area contributed by atoms with Crippen molar-refractivity contribution in [1.29, 1.82) is 5.26 Å². The summed E-state index contributed by atoms with van der Waals surface area (Å²) < 4.78 is 3.06. The van der Waals surface area contributed by atoms with Crippen LogP contribution < -0.4 is 5.32 Å². The molecule has 2 aromatic carbocycles. The van der Waals surface area contributed by atoms with Crippen LogP contribution in [0.4, 0.5) is 5.69 Å². The molecule has 8 nitrogen and oxygen atoms in total. The van der Waals surface area contributed by atoms with Crippen LogP contribution in [0.3, 0.4) is 0 Å². The number of aromatic nitrogens is 5. The highest BCUT2D eigenvalue weighted by atomic mass is 16.2. The summed E-state index contributed by atoms with van der Waals surface area (Å²) in [5.74, 6) is -0.153. The number of para-hydroxylation sites is 2. The smallest absolute Gasteiger partial charge is 0.252 e. The highest BCUT2D eigenvalue weighted by Gasteiger charge is 2.11. The SMILES string of the molecule is N#Cc1ncn(-c2ccccc2NC(=O)Cn2cc3ccccc3n2)n1. The molecule has 1 N–H and O–H groups in total. The number of nitrogens with one attached hydrogen (secondary N) is 1. The fourth-order valence-electron chi connectivity index (χ4n) is 2.64. The normalized spacial score (nSPS) is 10.6. The largest absolute Gasteiger partial charge is 0.323 e. The molecule has 2 heterocycles. The van der Waals surface area contributed by atoms with Crippen LogP contribution >= 0.6 is 0 Å². The quantitative estimate of drug-likeness (QED) is 0.611. The molecule has 8 heteroatoms. The summed E-state index contributed by atoms with van der Waals surface area (Å²) in [6.07, 6.45) is 3.27. The van der Waals surface area contributed by atoms with Gasteiger partial charge in [-0.1, -0.05) is 30.3 Å². The third-order valence-electron chi connectivity index (χ3n) is 3.78. The number of amides is 1. The third-order valence-corrected chi connectivity index (χ3v) is 3.78. The Morgan fingerprint density at radius 3 is 2.73 bits per heavy atom. The lowest BCUT2D eigenvalue weighted by atomic mass is 10.2. The molecule has 26 heavy (non-hydrogen) atoms. The van der Waals surface area contributed by atoms with Crippen molar-refractivity contribution < 1.29 is 4.79 Å². The monoisotopic (exact) mass is 343 g/mol. The number of hydrogen-bond acceptors (Lipinski definition) is 5. The Morgan fingerprint density at radius 2 is 1.92 bits per heavy atom. The number of nitrogens with zero attached hydrogens (tertiary/aromatic N) is 6. The first-order chi connectivity index (χ1) is 12.7. The number of carbonyl (C=O) groups is 1. The van der Waals surface area contributed by atoms with Gasteiger partial charge in [0, 0.05) is 11.6 Å². The topological polar surface area (TPSA) is 101 Å². The predicted octanol–water partition coefficient (Wildman–Crippen LogP) is 2.13. The summed E-state index contributed by atoms with van der Waals surface area (Å²) in [4.78, 5) is 16.3. The molecule has 0 aliphatic rings. The van der Waals surface area contributed by atoms with E-state index in [4.69, 9.17) is 5.26 Å². The van der Waals surface area contributed by atoms with Gasteiger partial charge in [-0.2, -0.15) is 10.4 Å². The van der Waals surface area contributed by atoms with Crippen LogP contribution in [0.5, 0.6) is 0 Å². The van der Waals surface area contributed by atoms with Gasteiger partial charge in [0.25, 0.3) is 5.82 Å². The van der Waals surface area contributed by atoms with E-state index in [0.717, 1.165) is 10.9 Å². The summed E-state index contributed by atoms with van der Waals surface area (Å²) in [5, 5.41) is 21.1. The molecule has 4 rings (SSSR count). The molecule has 2 aromatic heterocycles. The average molecular weight is 343 g/mol. The van der Waals surface area contributed by atoms with E-state index < -0.39 is 0 Å². The van der Waals surface area contributed by atoms with Gasteiger partial charge in [0.05, 0.1) is 16.9 Å². The number of anilines is 1. The van der Waals surface area contributed by atoms with Crippen molar-refractivity contribution in [2.45, 2.75) is 6.54 Å². The van der Waals surface area contributed by atoms with Crippen LogP contribution in [0.15, 0.2) is 61.1 Å². The summed E-state index contributed by atoms with van der Waals surface area (Å²) in [5.41, 5.74) is 2.04. The molecule has 0 spiro atoms. The van der Waals surface area contributed by atoms with Gasteiger partial charge in [-0.25, -0.2) is 9.67 Å². The Morgan fingerprint density at radius 1 is 1.12 bits per heavy atom. The second-order valence-electron chi connectivity index (χ2n) is 5.58. The number of nitriles is 1. The van der Waals surface area contributed by atoms with Gasteiger partial charge in [0.1, 0.15) is 18.9 Å². The summed E-state index contributed by atoms with van der Waals surface area (Å²) in [6, 6.07) is 16.7. The van der Waals surface area contributed by atoms with E-state index in [1.165, 1.54) is 11.0 Å². The highest BCUT2D eigenvalue weighted by Crippen LogP contribution is 2.19. The minimum absolute atomic E-state index is 0.0642. The van der Waals surface area contributed by atoms with E-state index >= 15 is 0 Å². The van der Waals surface area contributed by atoms with Crippen molar-refractivity contribution in [2.75, 3.05) is 5.32 Å². The zero-order chi connectivity index (χ0) is 17.9. The second-order valence-corrected chi connectivity index (χ2v) is 5.58. The molecule has 0 unspecified atom stereocenters. The van der Waals surface area contributed by atoms with E-state index in [0.29, 0.717) is 11.4 Å². The van der Waals surface area contributed by atoms with Crippen molar-refractivity contribution in [2.24, 2.45) is 0 Å². The van der Waals surface area contributed by atoms with Crippen LogP contribution in [0, 0.1) is 11.3 Å². The van der Waals surface area contributed by atoms with Crippen LogP contribution in [0.25, 0.3) is 16.6 Å². The lowest BCUT2D eigenvalue weighted by Gasteiger charge is -2.10. The van der Waals surface area contributed by atoms with Crippen molar-refractivity contribution in [1.82, 2.24) is 24.5 Å². The van der Waals surface area contributed by atoms with Crippen LogP contribution in [-0.4, -0.2) is 30.5 Å². The molecule has 0 atom stereocenters. The van der Waals surface area contributed by atoms with Crippen molar-refractivity contribution >= 4 is 22.5 Å². The average Bonchev–Trinajstić information content (AvgIpc) is 3.28. The van der Waals surface area contributed by atoms with Crippen LogP contribution in [0.1, 0.15) is 5.82 Å². The number of benzene rings is 2. The van der Waals surface area contributed by atoms with E-state index in [2.05, 4.69) is 20.5 Å². The first kappa shape index (κ1) is 15.5. The lowest BCUT2D eigenvalue weighted by molar-refractivity contribution is -0.116. The maximum atomic E-state index is 12.4. The molecule has 0 saturated carbocycles. The van der Waals surface area contributed by atoms with E-state index in [1.54, 1.807) is 16.8 Å². The maximum absolute atomic E-state index is 12.4. The molecular weight excluding hydrogens is 330 g/mol. The van der Waals surface area contributed by atoms with Gasteiger partial charge in [-0.3, -0.25) is 9.48 Å².